The van der Waals surface area contributed by atoms with Crippen LogP contribution in [0.2, 0.25) is 0 Å². The third-order valence-corrected chi connectivity index (χ3v) is 4.18. The second-order valence-corrected chi connectivity index (χ2v) is 6.55. The van der Waals surface area contributed by atoms with Gasteiger partial charge in [0.1, 0.15) is 18.3 Å². The summed E-state index contributed by atoms with van der Waals surface area (Å²) in [6.07, 6.45) is -2.40. The van der Waals surface area contributed by atoms with Gasteiger partial charge >= 0.3 is 6.18 Å². The van der Waals surface area contributed by atoms with Crippen LogP contribution in [0, 0.1) is 6.92 Å². The van der Waals surface area contributed by atoms with Crippen molar-refractivity contribution in [3.8, 4) is 5.69 Å². The fourth-order valence-electron chi connectivity index (χ4n) is 2.72. The maximum atomic E-state index is 13.5. The maximum absolute atomic E-state index is 13.5. The van der Waals surface area contributed by atoms with Crippen LogP contribution in [0.4, 0.5) is 18.9 Å². The van der Waals surface area contributed by atoms with Crippen molar-refractivity contribution >= 4 is 17.5 Å². The van der Waals surface area contributed by atoms with Crippen molar-refractivity contribution in [1.29, 1.82) is 0 Å². The van der Waals surface area contributed by atoms with E-state index >= 15 is 0 Å². The zero-order chi connectivity index (χ0) is 22.1. The van der Waals surface area contributed by atoms with Gasteiger partial charge in [0.25, 0.3) is 11.8 Å². The molecule has 2 aromatic heterocycles. The molecule has 0 aliphatic heterocycles. The Balaban J connectivity index is 1.89. The first-order chi connectivity index (χ1) is 14.1. The summed E-state index contributed by atoms with van der Waals surface area (Å²) in [4.78, 5) is 33.7. The molecule has 0 aliphatic carbocycles. The van der Waals surface area contributed by atoms with Gasteiger partial charge in [-0.1, -0.05) is 0 Å². The molecule has 0 radical (unpaired) electrons. The zero-order valence-electron chi connectivity index (χ0n) is 16.2. The van der Waals surface area contributed by atoms with Crippen LogP contribution in [0.25, 0.3) is 5.69 Å². The number of hydrogen-bond acceptors (Lipinski definition) is 5. The van der Waals surface area contributed by atoms with Crippen LogP contribution in [0.1, 0.15) is 32.1 Å². The molecule has 0 atom stereocenters. The van der Waals surface area contributed by atoms with Gasteiger partial charge in [0.2, 0.25) is 0 Å². The van der Waals surface area contributed by atoms with Crippen LogP contribution in [-0.2, 0) is 6.18 Å². The minimum Gasteiger partial charge on any atom is -0.343 e. The molecule has 2 heterocycles. The average Bonchev–Trinajstić information content (AvgIpc) is 3.21. The van der Waals surface area contributed by atoms with E-state index in [1.165, 1.54) is 36.1 Å². The Hall–Kier alpha value is -3.76. The van der Waals surface area contributed by atoms with Gasteiger partial charge in [0, 0.05) is 19.8 Å². The molecule has 1 aromatic carbocycles. The molecule has 3 aromatic rings. The van der Waals surface area contributed by atoms with Gasteiger partial charge in [-0.15, -0.1) is 0 Å². The number of aromatic nitrogens is 4. The van der Waals surface area contributed by atoms with Crippen LogP contribution in [0.3, 0.4) is 0 Å². The van der Waals surface area contributed by atoms with E-state index in [1.807, 2.05) is 0 Å². The normalized spacial score (nSPS) is 11.3. The summed E-state index contributed by atoms with van der Waals surface area (Å²) in [6.45, 7) is 1.54. The summed E-state index contributed by atoms with van der Waals surface area (Å²) in [5.74, 6) is -0.978. The number of nitrogens with zero attached hydrogens (tertiary/aromatic N) is 5. The first kappa shape index (κ1) is 21.0. The molecule has 0 saturated carbocycles. The number of alkyl halides is 3. The second kappa shape index (κ2) is 7.93. The fraction of sp³-hybridized carbons (Fsp3) is 0.211. The van der Waals surface area contributed by atoms with Gasteiger partial charge in [-0.05, 0) is 37.3 Å². The molecule has 3 rings (SSSR count). The number of amides is 2. The molecule has 0 unspecified atom stereocenters. The monoisotopic (exact) mass is 418 g/mol. The Bertz CT molecular complexity index is 1090. The molecule has 0 fully saturated rings. The number of pyridine rings is 1. The number of anilines is 1. The molecule has 0 aliphatic rings. The first-order valence-corrected chi connectivity index (χ1v) is 8.65. The lowest BCUT2D eigenvalue weighted by atomic mass is 10.1. The van der Waals surface area contributed by atoms with Gasteiger partial charge in [-0.2, -0.15) is 18.3 Å². The smallest absolute Gasteiger partial charge is 0.343 e. The van der Waals surface area contributed by atoms with E-state index in [1.54, 1.807) is 14.1 Å². The van der Waals surface area contributed by atoms with Crippen molar-refractivity contribution in [2.45, 2.75) is 13.1 Å². The van der Waals surface area contributed by atoms with Crippen molar-refractivity contribution in [3.05, 3.63) is 65.5 Å². The number of hydrogen-bond donors (Lipinski definition) is 1. The second-order valence-electron chi connectivity index (χ2n) is 6.55. The molecule has 2 amide bonds. The molecular weight excluding hydrogens is 401 g/mol. The number of aryl methyl sites for hydroxylation is 1. The summed E-state index contributed by atoms with van der Waals surface area (Å²) in [7, 11) is 3.14. The average molecular weight is 418 g/mol. The Kier molecular flexibility index (Phi) is 5.54. The largest absolute Gasteiger partial charge is 0.418 e. The van der Waals surface area contributed by atoms with Crippen molar-refractivity contribution in [2.75, 3.05) is 19.4 Å². The number of rotatable bonds is 4. The lowest BCUT2D eigenvalue weighted by Crippen LogP contribution is -2.24. The van der Waals surface area contributed by atoms with Crippen LogP contribution >= 0.6 is 0 Å². The predicted octanol–water partition coefficient (Wildman–Crippen LogP) is 2.94. The molecule has 30 heavy (non-hydrogen) atoms. The molecule has 8 nitrogen and oxygen atoms in total. The van der Waals surface area contributed by atoms with E-state index in [0.717, 1.165) is 23.4 Å². The number of carbonyl (C=O) groups is 2. The first-order valence-electron chi connectivity index (χ1n) is 8.65. The summed E-state index contributed by atoms with van der Waals surface area (Å²) in [6, 6.07) is 6.14. The van der Waals surface area contributed by atoms with Crippen molar-refractivity contribution in [3.63, 3.8) is 0 Å². The molecule has 1 N–H and O–H groups in total. The number of carbonyl (C=O) groups excluding carboxylic acids is 2. The fourth-order valence-corrected chi connectivity index (χ4v) is 2.72. The lowest BCUT2D eigenvalue weighted by Gasteiger charge is -2.15. The number of benzene rings is 1. The predicted molar refractivity (Wildman–Crippen MR) is 101 cm³/mol. The number of halogens is 3. The van der Waals surface area contributed by atoms with E-state index < -0.39 is 17.6 Å². The Labute approximate surface area is 169 Å². The Morgan fingerprint density at radius 3 is 2.43 bits per heavy atom. The molecule has 156 valence electrons. The quantitative estimate of drug-likeness (QED) is 0.703. The highest BCUT2D eigenvalue weighted by Crippen LogP contribution is 2.35. The lowest BCUT2D eigenvalue weighted by molar-refractivity contribution is -0.137. The summed E-state index contributed by atoms with van der Waals surface area (Å²) < 4.78 is 41.5. The van der Waals surface area contributed by atoms with E-state index in [4.69, 9.17) is 0 Å². The van der Waals surface area contributed by atoms with Gasteiger partial charge < -0.3 is 10.2 Å². The highest BCUT2D eigenvalue weighted by atomic mass is 19.4. The van der Waals surface area contributed by atoms with E-state index in [2.05, 4.69) is 20.4 Å². The van der Waals surface area contributed by atoms with Gasteiger partial charge in [0.05, 0.1) is 22.5 Å². The van der Waals surface area contributed by atoms with Crippen LogP contribution in [0.5, 0.6) is 0 Å². The Morgan fingerprint density at radius 2 is 1.87 bits per heavy atom. The van der Waals surface area contributed by atoms with Gasteiger partial charge in [-0.25, -0.2) is 14.6 Å². The number of nitrogens with one attached hydrogen (secondary N) is 1. The molecule has 11 heteroatoms. The van der Waals surface area contributed by atoms with Crippen molar-refractivity contribution < 1.29 is 22.8 Å². The highest BCUT2D eigenvalue weighted by molar-refractivity contribution is 6.05. The summed E-state index contributed by atoms with van der Waals surface area (Å²) in [5, 5.41) is 6.16. The minimum absolute atomic E-state index is 0.0518. The van der Waals surface area contributed by atoms with Crippen LogP contribution < -0.4 is 5.32 Å². The third-order valence-electron chi connectivity index (χ3n) is 4.18. The van der Waals surface area contributed by atoms with E-state index in [-0.39, 0.29) is 34.2 Å². The standard InChI is InChI=1S/C19H17F3N6O2/c1-11-13(5-6-15(25-11)18(30)27(2)3)17(29)26-12-4-7-16(28-10-23-9-24-28)14(8-12)19(20,21)22/h4-10H,1-3H3,(H,26,29). The summed E-state index contributed by atoms with van der Waals surface area (Å²) >= 11 is 0. The van der Waals surface area contributed by atoms with Crippen molar-refractivity contribution in [1.82, 2.24) is 24.6 Å². The molecular formula is C19H17F3N6O2. The van der Waals surface area contributed by atoms with Crippen LogP contribution in [0.15, 0.2) is 43.0 Å². The van der Waals surface area contributed by atoms with Gasteiger partial charge in [0.15, 0.2) is 0 Å². The highest BCUT2D eigenvalue weighted by Gasteiger charge is 2.34. The van der Waals surface area contributed by atoms with Crippen LogP contribution in [-0.4, -0.2) is 50.6 Å². The minimum atomic E-state index is -4.67. The molecule has 0 spiro atoms. The topological polar surface area (TPSA) is 93.0 Å². The maximum Gasteiger partial charge on any atom is 0.418 e. The SMILES string of the molecule is Cc1nc(C(=O)N(C)C)ccc1C(=O)Nc1ccc(-n2cncn2)c(C(F)(F)F)c1. The zero-order valence-corrected chi connectivity index (χ0v) is 16.2. The van der Waals surface area contributed by atoms with E-state index in [9.17, 15) is 22.8 Å². The molecule has 0 saturated heterocycles. The molecule has 0 bridgehead atoms. The van der Waals surface area contributed by atoms with E-state index in [0.29, 0.717) is 0 Å². The van der Waals surface area contributed by atoms with Crippen molar-refractivity contribution in [2.24, 2.45) is 0 Å². The Morgan fingerprint density at radius 1 is 1.13 bits per heavy atom. The van der Waals surface area contributed by atoms with Gasteiger partial charge in [-0.3, -0.25) is 9.59 Å². The third kappa shape index (κ3) is 4.29. The summed E-state index contributed by atoms with van der Waals surface area (Å²) in [5.41, 5.74) is -0.681.